The molecule has 0 radical (unpaired) electrons. The van der Waals surface area contributed by atoms with E-state index in [1.807, 2.05) is 0 Å². The van der Waals surface area contributed by atoms with Gasteiger partial charge in [-0.2, -0.15) is 0 Å². The lowest BCUT2D eigenvalue weighted by Crippen LogP contribution is -2.06. The normalized spacial score (nSPS) is 11.1. The molecule has 1 aromatic heterocycles. The molecule has 0 atom stereocenters. The molecule has 0 aliphatic rings. The molecule has 0 fully saturated rings. The number of nitrogens with one attached hydrogen (secondary N) is 2. The van der Waals surface area contributed by atoms with Crippen LogP contribution in [0.5, 0.6) is 0 Å². The Balaban J connectivity index is 3.26. The van der Waals surface area contributed by atoms with E-state index < -0.39 is 0 Å². The van der Waals surface area contributed by atoms with Gasteiger partial charge in [-0.25, -0.2) is 4.98 Å². The second-order valence-corrected chi connectivity index (χ2v) is 2.93. The fourth-order valence-electron chi connectivity index (χ4n) is 1.09. The third kappa shape index (κ3) is 2.16. The van der Waals surface area contributed by atoms with Gasteiger partial charge in [-0.1, -0.05) is 0 Å². The first kappa shape index (κ1) is 10.8. The molecule has 0 aliphatic heterocycles. The Kier molecular flexibility index (Phi) is 3.12. The second-order valence-electron chi connectivity index (χ2n) is 2.93. The molecule has 1 aromatic rings. The predicted molar refractivity (Wildman–Crippen MR) is 63.3 cm³/mol. The zero-order valence-electron chi connectivity index (χ0n) is 8.41. The molecule has 0 saturated carbocycles. The molecule has 6 nitrogen and oxygen atoms in total. The highest BCUT2D eigenvalue weighted by atomic mass is 14.9. The third-order valence-electron chi connectivity index (χ3n) is 1.87. The first-order chi connectivity index (χ1) is 7.10. The highest BCUT2D eigenvalue weighted by molar-refractivity contribution is 6.08. The number of nitrogens with zero attached hydrogens (tertiary/aromatic N) is 1. The van der Waals surface area contributed by atoms with Crippen LogP contribution >= 0.6 is 0 Å². The molecule has 0 aromatic carbocycles. The number of hydrogen-bond acceptors (Lipinski definition) is 6. The Morgan fingerprint density at radius 2 is 2.13 bits per heavy atom. The minimum Gasteiger partial charge on any atom is -0.397 e. The molecule has 1 rings (SSSR count). The molecular formula is C9H14N6. The summed E-state index contributed by atoms with van der Waals surface area (Å²) in [5.74, 6) is 0.175. The molecule has 0 aliphatic carbocycles. The van der Waals surface area contributed by atoms with Crippen LogP contribution < -0.4 is 22.5 Å². The van der Waals surface area contributed by atoms with E-state index in [0.717, 1.165) is 6.21 Å². The standard InChI is InChI=1S/C9H14N6/c1-14-4-5(3-10)7-2-6(11)8(12)9(13)15-7/h2-4,10,14H,12H2,1H3,(H4,11,13,15)/b5-4+,10-3?. The lowest BCUT2D eigenvalue weighted by Gasteiger charge is -2.07. The fourth-order valence-corrected chi connectivity index (χ4v) is 1.09. The Labute approximate surface area is 87.7 Å². The van der Waals surface area contributed by atoms with Crippen molar-refractivity contribution in [2.45, 2.75) is 0 Å². The Hall–Kier alpha value is -2.24. The summed E-state index contributed by atoms with van der Waals surface area (Å²) in [5, 5.41) is 10.0. The molecule has 0 amide bonds. The van der Waals surface area contributed by atoms with E-state index in [9.17, 15) is 0 Å². The van der Waals surface area contributed by atoms with Gasteiger partial charge in [0.2, 0.25) is 0 Å². The summed E-state index contributed by atoms with van der Waals surface area (Å²) in [7, 11) is 1.73. The van der Waals surface area contributed by atoms with Crippen LogP contribution in [0, 0.1) is 5.41 Å². The monoisotopic (exact) mass is 206 g/mol. The van der Waals surface area contributed by atoms with E-state index in [1.165, 1.54) is 0 Å². The van der Waals surface area contributed by atoms with Crippen LogP contribution in [0.25, 0.3) is 5.57 Å². The lowest BCUT2D eigenvalue weighted by atomic mass is 10.1. The summed E-state index contributed by atoms with van der Waals surface area (Å²) < 4.78 is 0. The summed E-state index contributed by atoms with van der Waals surface area (Å²) in [5.41, 5.74) is 18.5. The average molecular weight is 206 g/mol. The highest BCUT2D eigenvalue weighted by Gasteiger charge is 2.07. The zero-order chi connectivity index (χ0) is 11.4. The SMILES string of the molecule is CN/C=C(\C=N)c1cc(N)c(N)c(N)n1. The highest BCUT2D eigenvalue weighted by Crippen LogP contribution is 2.23. The van der Waals surface area contributed by atoms with Crippen molar-refractivity contribution >= 4 is 29.0 Å². The Morgan fingerprint density at radius 3 is 2.60 bits per heavy atom. The lowest BCUT2D eigenvalue weighted by molar-refractivity contribution is 1.10. The molecule has 0 bridgehead atoms. The summed E-state index contributed by atoms with van der Waals surface area (Å²) in [6.07, 6.45) is 2.79. The maximum Gasteiger partial charge on any atom is 0.149 e. The molecule has 0 unspecified atom stereocenters. The molecule has 0 spiro atoms. The van der Waals surface area contributed by atoms with Gasteiger partial charge in [0.25, 0.3) is 0 Å². The number of anilines is 3. The van der Waals surface area contributed by atoms with Crippen molar-refractivity contribution in [2.75, 3.05) is 24.2 Å². The minimum atomic E-state index is 0.175. The number of allylic oxidation sites excluding steroid dienone is 1. The van der Waals surface area contributed by atoms with E-state index >= 15 is 0 Å². The third-order valence-corrected chi connectivity index (χ3v) is 1.87. The summed E-state index contributed by atoms with van der Waals surface area (Å²) in [6.45, 7) is 0. The number of rotatable bonds is 3. The fraction of sp³-hybridized carbons (Fsp3) is 0.111. The van der Waals surface area contributed by atoms with Gasteiger partial charge in [0.15, 0.2) is 0 Å². The van der Waals surface area contributed by atoms with Gasteiger partial charge in [-0.15, -0.1) is 0 Å². The number of aromatic nitrogens is 1. The predicted octanol–water partition coefficient (Wildman–Crippen LogP) is 0.0381. The van der Waals surface area contributed by atoms with E-state index in [2.05, 4.69) is 10.3 Å². The topological polar surface area (TPSA) is 127 Å². The molecule has 1 heterocycles. The van der Waals surface area contributed by atoms with Gasteiger partial charge in [0.05, 0.1) is 17.1 Å². The van der Waals surface area contributed by atoms with Crippen LogP contribution in [0.2, 0.25) is 0 Å². The maximum absolute atomic E-state index is 7.21. The van der Waals surface area contributed by atoms with Crippen LogP contribution in [0.15, 0.2) is 12.3 Å². The second kappa shape index (κ2) is 4.32. The smallest absolute Gasteiger partial charge is 0.149 e. The average Bonchev–Trinajstić information content (AvgIpc) is 2.22. The Morgan fingerprint density at radius 1 is 1.47 bits per heavy atom. The molecular weight excluding hydrogens is 192 g/mol. The molecule has 8 N–H and O–H groups in total. The summed E-state index contributed by atoms with van der Waals surface area (Å²) in [4.78, 5) is 4.04. The van der Waals surface area contributed by atoms with E-state index in [0.29, 0.717) is 17.0 Å². The first-order valence-electron chi connectivity index (χ1n) is 4.30. The quantitative estimate of drug-likeness (QED) is 0.446. The van der Waals surface area contributed by atoms with Crippen LogP contribution in [-0.2, 0) is 0 Å². The van der Waals surface area contributed by atoms with E-state index in [-0.39, 0.29) is 11.5 Å². The summed E-state index contributed by atoms with van der Waals surface area (Å²) in [6, 6.07) is 1.58. The molecule has 0 saturated heterocycles. The van der Waals surface area contributed by atoms with Gasteiger partial charge in [0.1, 0.15) is 5.82 Å². The zero-order valence-corrected chi connectivity index (χ0v) is 8.41. The Bertz CT molecular complexity index is 386. The molecule has 80 valence electrons. The van der Waals surface area contributed by atoms with Gasteiger partial charge < -0.3 is 27.9 Å². The first-order valence-corrected chi connectivity index (χ1v) is 4.30. The largest absolute Gasteiger partial charge is 0.397 e. The minimum absolute atomic E-state index is 0.175. The van der Waals surface area contributed by atoms with Crippen LogP contribution in [-0.4, -0.2) is 18.2 Å². The van der Waals surface area contributed by atoms with Gasteiger partial charge in [0, 0.05) is 25.0 Å². The number of nitrogen functional groups attached to an aromatic ring is 3. The van der Waals surface area contributed by atoms with Gasteiger partial charge >= 0.3 is 0 Å². The van der Waals surface area contributed by atoms with Crippen LogP contribution in [0.3, 0.4) is 0 Å². The molecule has 6 heteroatoms. The van der Waals surface area contributed by atoms with Gasteiger partial charge in [-0.3, -0.25) is 0 Å². The van der Waals surface area contributed by atoms with Gasteiger partial charge in [-0.05, 0) is 6.07 Å². The van der Waals surface area contributed by atoms with E-state index in [4.69, 9.17) is 22.6 Å². The maximum atomic E-state index is 7.21. The van der Waals surface area contributed by atoms with Crippen molar-refractivity contribution < 1.29 is 0 Å². The van der Waals surface area contributed by atoms with Crippen molar-refractivity contribution in [3.63, 3.8) is 0 Å². The number of pyridine rings is 1. The van der Waals surface area contributed by atoms with Crippen LogP contribution in [0.1, 0.15) is 5.69 Å². The molecule has 15 heavy (non-hydrogen) atoms. The van der Waals surface area contributed by atoms with Crippen LogP contribution in [0.4, 0.5) is 17.2 Å². The van der Waals surface area contributed by atoms with Crippen molar-refractivity contribution in [2.24, 2.45) is 0 Å². The van der Waals surface area contributed by atoms with Crippen molar-refractivity contribution in [1.29, 1.82) is 5.41 Å². The number of nitrogens with two attached hydrogens (primary N) is 3. The van der Waals surface area contributed by atoms with Crippen molar-refractivity contribution in [1.82, 2.24) is 10.3 Å². The van der Waals surface area contributed by atoms with Crippen molar-refractivity contribution in [3.8, 4) is 0 Å². The number of hydrogen-bond donors (Lipinski definition) is 5. The van der Waals surface area contributed by atoms with E-state index in [1.54, 1.807) is 19.3 Å². The summed E-state index contributed by atoms with van der Waals surface area (Å²) >= 11 is 0. The van der Waals surface area contributed by atoms with Crippen molar-refractivity contribution in [3.05, 3.63) is 18.0 Å².